The Kier molecular flexibility index (Phi) is 5.29. The largest absolute Gasteiger partial charge is 0.339 e. The zero-order valence-electron chi connectivity index (χ0n) is 15.3. The minimum Gasteiger partial charge on any atom is -0.339 e. The summed E-state index contributed by atoms with van der Waals surface area (Å²) in [7, 11) is 0. The fourth-order valence-electron chi connectivity index (χ4n) is 3.38. The van der Waals surface area contributed by atoms with Gasteiger partial charge in [-0.05, 0) is 56.2 Å². The predicted octanol–water partition coefficient (Wildman–Crippen LogP) is 4.34. The van der Waals surface area contributed by atoms with Crippen LogP contribution in [-0.2, 0) is 24.1 Å². The molecular formula is C20H22N4O2S. The Morgan fingerprint density at radius 1 is 1.22 bits per heavy atom. The maximum atomic E-state index is 12.1. The zero-order chi connectivity index (χ0) is 18.6. The first-order valence-corrected chi connectivity index (χ1v) is 10.2. The third-order valence-corrected chi connectivity index (χ3v) is 5.52. The molecule has 0 saturated carbocycles. The minimum atomic E-state index is -0.0439. The number of anilines is 1. The van der Waals surface area contributed by atoms with Crippen LogP contribution in [0.25, 0.3) is 11.3 Å². The summed E-state index contributed by atoms with van der Waals surface area (Å²) < 4.78 is 5.05. The first kappa shape index (κ1) is 17.9. The van der Waals surface area contributed by atoms with Gasteiger partial charge >= 0.3 is 0 Å². The molecule has 1 amide bonds. The summed E-state index contributed by atoms with van der Waals surface area (Å²) in [4.78, 5) is 20.9. The van der Waals surface area contributed by atoms with Crippen LogP contribution in [0.15, 0.2) is 28.1 Å². The van der Waals surface area contributed by atoms with Gasteiger partial charge in [0.05, 0.1) is 5.69 Å². The zero-order valence-corrected chi connectivity index (χ0v) is 16.1. The first-order valence-electron chi connectivity index (χ1n) is 9.34. The van der Waals surface area contributed by atoms with Crippen molar-refractivity contribution in [1.29, 1.82) is 0 Å². The quantitative estimate of drug-likeness (QED) is 0.686. The number of amides is 1. The van der Waals surface area contributed by atoms with Gasteiger partial charge in [0, 0.05) is 23.8 Å². The molecule has 3 aromatic rings. The molecule has 140 valence electrons. The molecule has 2 heterocycles. The van der Waals surface area contributed by atoms with Gasteiger partial charge in [-0.25, -0.2) is 4.98 Å². The third kappa shape index (κ3) is 4.42. The van der Waals surface area contributed by atoms with Gasteiger partial charge in [-0.1, -0.05) is 17.3 Å². The van der Waals surface area contributed by atoms with Gasteiger partial charge in [-0.2, -0.15) is 4.98 Å². The molecule has 1 aliphatic carbocycles. The number of fused-ring (bicyclic) bond motifs is 1. The molecule has 0 atom stereocenters. The highest BCUT2D eigenvalue weighted by Gasteiger charge is 2.13. The van der Waals surface area contributed by atoms with Gasteiger partial charge in [-0.15, -0.1) is 11.3 Å². The van der Waals surface area contributed by atoms with Crippen LogP contribution in [0.4, 0.5) is 5.13 Å². The Bertz CT molecular complexity index is 947. The van der Waals surface area contributed by atoms with Crippen LogP contribution in [0.1, 0.15) is 48.5 Å². The number of carbonyl (C=O) groups is 1. The molecule has 7 heteroatoms. The molecule has 4 rings (SSSR count). The maximum Gasteiger partial charge on any atom is 0.226 e. The fourth-order valence-corrected chi connectivity index (χ4v) is 4.12. The van der Waals surface area contributed by atoms with E-state index >= 15 is 0 Å². The molecular weight excluding hydrogens is 360 g/mol. The summed E-state index contributed by atoms with van der Waals surface area (Å²) in [5.74, 6) is 1.15. The molecule has 0 saturated heterocycles. The summed E-state index contributed by atoms with van der Waals surface area (Å²) in [6, 6.07) is 6.61. The SMILES string of the molecule is Cc1noc(CCCC(=O)Nc2nc(-c3ccc4c(c3)CCCC4)cs2)n1. The van der Waals surface area contributed by atoms with Crippen molar-refractivity contribution < 1.29 is 9.32 Å². The van der Waals surface area contributed by atoms with Gasteiger partial charge < -0.3 is 9.84 Å². The minimum absolute atomic E-state index is 0.0439. The van der Waals surface area contributed by atoms with E-state index in [1.165, 1.54) is 41.7 Å². The monoisotopic (exact) mass is 382 g/mol. The standard InChI is InChI=1S/C20H22N4O2S/c1-13-21-19(26-24-13)8-4-7-18(25)23-20-22-17(12-27-20)16-10-9-14-5-2-3-6-15(14)11-16/h9-12H,2-8H2,1H3,(H,22,23,25). The Balaban J connectivity index is 1.33. The van der Waals surface area contributed by atoms with Crippen molar-refractivity contribution in [3.05, 3.63) is 46.4 Å². The van der Waals surface area contributed by atoms with Crippen molar-refractivity contribution in [3.63, 3.8) is 0 Å². The lowest BCUT2D eigenvalue weighted by Gasteiger charge is -2.16. The van der Waals surface area contributed by atoms with Crippen LogP contribution < -0.4 is 5.32 Å². The van der Waals surface area contributed by atoms with E-state index < -0.39 is 0 Å². The number of benzene rings is 1. The number of carbonyl (C=O) groups excluding carboxylic acids is 1. The van der Waals surface area contributed by atoms with E-state index in [0.717, 1.165) is 17.7 Å². The van der Waals surface area contributed by atoms with Crippen molar-refractivity contribution in [3.8, 4) is 11.3 Å². The van der Waals surface area contributed by atoms with Crippen molar-refractivity contribution in [2.45, 2.75) is 51.9 Å². The second-order valence-corrected chi connectivity index (χ2v) is 7.72. The first-order chi connectivity index (χ1) is 13.2. The number of rotatable bonds is 6. The molecule has 6 nitrogen and oxygen atoms in total. The second kappa shape index (κ2) is 8.00. The van der Waals surface area contributed by atoms with E-state index in [2.05, 4.69) is 38.6 Å². The van der Waals surface area contributed by atoms with Gasteiger partial charge in [0.2, 0.25) is 11.8 Å². The molecule has 1 N–H and O–H groups in total. The number of nitrogens with one attached hydrogen (secondary N) is 1. The van der Waals surface area contributed by atoms with Crippen molar-refractivity contribution >= 4 is 22.4 Å². The van der Waals surface area contributed by atoms with Crippen LogP contribution in [0.3, 0.4) is 0 Å². The van der Waals surface area contributed by atoms with E-state index in [1.807, 2.05) is 5.38 Å². The van der Waals surface area contributed by atoms with E-state index in [9.17, 15) is 4.79 Å². The van der Waals surface area contributed by atoms with Crippen molar-refractivity contribution in [2.75, 3.05) is 5.32 Å². The molecule has 1 aromatic carbocycles. The van der Waals surface area contributed by atoms with Crippen molar-refractivity contribution in [1.82, 2.24) is 15.1 Å². The normalized spacial score (nSPS) is 13.4. The van der Waals surface area contributed by atoms with Crippen LogP contribution in [-0.4, -0.2) is 21.0 Å². The molecule has 27 heavy (non-hydrogen) atoms. The van der Waals surface area contributed by atoms with Gasteiger partial charge in [0.25, 0.3) is 0 Å². The predicted molar refractivity (Wildman–Crippen MR) is 105 cm³/mol. The van der Waals surface area contributed by atoms with Crippen LogP contribution in [0.2, 0.25) is 0 Å². The van der Waals surface area contributed by atoms with Crippen LogP contribution >= 0.6 is 11.3 Å². The molecule has 0 spiro atoms. The molecule has 2 aromatic heterocycles. The average molecular weight is 382 g/mol. The summed E-state index contributed by atoms with van der Waals surface area (Å²) in [6.45, 7) is 1.78. The fraction of sp³-hybridized carbons (Fsp3) is 0.400. The smallest absolute Gasteiger partial charge is 0.226 e. The highest BCUT2D eigenvalue weighted by Crippen LogP contribution is 2.29. The van der Waals surface area contributed by atoms with Gasteiger partial charge in [-0.3, -0.25) is 4.79 Å². The lowest BCUT2D eigenvalue weighted by molar-refractivity contribution is -0.116. The molecule has 0 aliphatic heterocycles. The van der Waals surface area contributed by atoms with E-state index in [-0.39, 0.29) is 5.91 Å². The summed E-state index contributed by atoms with van der Waals surface area (Å²) in [5.41, 5.74) is 4.95. The second-order valence-electron chi connectivity index (χ2n) is 6.87. The average Bonchev–Trinajstić information content (AvgIpc) is 3.30. The van der Waals surface area contributed by atoms with E-state index in [0.29, 0.717) is 36.1 Å². The van der Waals surface area contributed by atoms with Gasteiger partial charge in [0.1, 0.15) is 0 Å². The number of aromatic nitrogens is 3. The number of aryl methyl sites for hydroxylation is 4. The number of hydrogen-bond acceptors (Lipinski definition) is 6. The number of nitrogens with zero attached hydrogens (tertiary/aromatic N) is 3. The summed E-state index contributed by atoms with van der Waals surface area (Å²) >= 11 is 1.46. The highest BCUT2D eigenvalue weighted by molar-refractivity contribution is 7.14. The number of thiazole rings is 1. The lowest BCUT2D eigenvalue weighted by atomic mass is 9.90. The van der Waals surface area contributed by atoms with E-state index in [1.54, 1.807) is 6.92 Å². The van der Waals surface area contributed by atoms with Crippen LogP contribution in [0, 0.1) is 6.92 Å². The topological polar surface area (TPSA) is 80.9 Å². The maximum absolute atomic E-state index is 12.1. The molecule has 1 aliphatic rings. The van der Waals surface area contributed by atoms with Crippen LogP contribution in [0.5, 0.6) is 0 Å². The van der Waals surface area contributed by atoms with E-state index in [4.69, 9.17) is 4.52 Å². The Morgan fingerprint density at radius 3 is 2.89 bits per heavy atom. The third-order valence-electron chi connectivity index (χ3n) is 4.76. The Hall–Kier alpha value is -2.54. The number of hydrogen-bond donors (Lipinski definition) is 1. The Morgan fingerprint density at radius 2 is 2.07 bits per heavy atom. The summed E-state index contributed by atoms with van der Waals surface area (Å²) in [5, 5.41) is 9.27. The highest BCUT2D eigenvalue weighted by atomic mass is 32.1. The molecule has 0 bridgehead atoms. The van der Waals surface area contributed by atoms with Gasteiger partial charge in [0.15, 0.2) is 11.0 Å². The molecule has 0 radical (unpaired) electrons. The molecule has 0 fully saturated rings. The molecule has 0 unspecified atom stereocenters. The van der Waals surface area contributed by atoms with Crippen molar-refractivity contribution in [2.24, 2.45) is 0 Å². The Labute approximate surface area is 162 Å². The lowest BCUT2D eigenvalue weighted by Crippen LogP contribution is -2.11. The summed E-state index contributed by atoms with van der Waals surface area (Å²) in [6.07, 6.45) is 6.54.